The van der Waals surface area contributed by atoms with Crippen molar-refractivity contribution in [3.05, 3.63) is 10.6 Å². The highest BCUT2D eigenvalue weighted by Gasteiger charge is 2.28. The maximum Gasteiger partial charge on any atom is 0.265 e. The standard InChI is InChI=1S/C13H20N4OS2/c1-2-9-11(20-17-16-9)13(18)15-10(12(14)19)8-6-4-3-5-7-8/h8,10H,2-7H2,1H3,(H2,14,19)(H,15,18). The summed E-state index contributed by atoms with van der Waals surface area (Å²) in [6, 6.07) is -0.218. The molecule has 1 fully saturated rings. The van der Waals surface area contributed by atoms with Crippen molar-refractivity contribution in [2.24, 2.45) is 11.7 Å². The number of hydrogen-bond acceptors (Lipinski definition) is 5. The zero-order valence-electron chi connectivity index (χ0n) is 11.6. The van der Waals surface area contributed by atoms with Crippen LogP contribution in [0, 0.1) is 5.92 Å². The van der Waals surface area contributed by atoms with Gasteiger partial charge in [-0.05, 0) is 36.7 Å². The fourth-order valence-corrected chi connectivity index (χ4v) is 3.61. The Labute approximate surface area is 128 Å². The van der Waals surface area contributed by atoms with E-state index in [1.54, 1.807) is 0 Å². The third kappa shape index (κ3) is 3.52. The van der Waals surface area contributed by atoms with Crippen molar-refractivity contribution in [2.75, 3.05) is 0 Å². The Balaban J connectivity index is 2.08. The van der Waals surface area contributed by atoms with Crippen LogP contribution in [0.1, 0.15) is 54.4 Å². The lowest BCUT2D eigenvalue weighted by Gasteiger charge is -2.30. The summed E-state index contributed by atoms with van der Waals surface area (Å²) in [4.78, 5) is 13.3. The van der Waals surface area contributed by atoms with Gasteiger partial charge in [-0.25, -0.2) is 0 Å². The Hall–Kier alpha value is -1.08. The number of rotatable bonds is 5. The Morgan fingerprint density at radius 3 is 2.80 bits per heavy atom. The average Bonchev–Trinajstić information content (AvgIpc) is 2.93. The van der Waals surface area contributed by atoms with E-state index in [1.165, 1.54) is 19.3 Å². The summed E-state index contributed by atoms with van der Waals surface area (Å²) in [5.74, 6) is 0.205. The third-order valence-corrected chi connectivity index (χ3v) is 4.83. The second kappa shape index (κ2) is 7.08. The van der Waals surface area contributed by atoms with Gasteiger partial charge in [0.15, 0.2) is 0 Å². The Morgan fingerprint density at radius 2 is 2.20 bits per heavy atom. The smallest absolute Gasteiger partial charge is 0.265 e. The first-order chi connectivity index (χ1) is 9.63. The summed E-state index contributed by atoms with van der Waals surface area (Å²) in [5.41, 5.74) is 6.56. The number of thiocarbonyl (C=S) groups is 1. The van der Waals surface area contributed by atoms with Crippen molar-refractivity contribution in [3.63, 3.8) is 0 Å². The number of carbonyl (C=O) groups is 1. The molecule has 20 heavy (non-hydrogen) atoms. The molecule has 1 heterocycles. The maximum atomic E-state index is 12.3. The van der Waals surface area contributed by atoms with E-state index in [9.17, 15) is 4.79 Å². The summed E-state index contributed by atoms with van der Waals surface area (Å²) in [5, 5.41) is 6.95. The number of nitrogens with two attached hydrogens (primary N) is 1. The molecule has 1 aromatic heterocycles. The summed E-state index contributed by atoms with van der Waals surface area (Å²) in [7, 11) is 0. The van der Waals surface area contributed by atoms with Crippen LogP contribution in [0.5, 0.6) is 0 Å². The first kappa shape index (κ1) is 15.3. The Morgan fingerprint density at radius 1 is 1.50 bits per heavy atom. The van der Waals surface area contributed by atoms with Crippen LogP contribution >= 0.6 is 23.8 Å². The van der Waals surface area contributed by atoms with E-state index in [-0.39, 0.29) is 11.9 Å². The second-order valence-electron chi connectivity index (χ2n) is 5.15. The third-order valence-electron chi connectivity index (χ3n) is 3.81. The maximum absolute atomic E-state index is 12.3. The van der Waals surface area contributed by atoms with Gasteiger partial charge in [0.1, 0.15) is 4.88 Å². The highest BCUT2D eigenvalue weighted by Crippen LogP contribution is 2.27. The normalized spacial score (nSPS) is 17.6. The van der Waals surface area contributed by atoms with Crippen LogP contribution in [0.15, 0.2) is 0 Å². The van der Waals surface area contributed by atoms with Gasteiger partial charge in [0.25, 0.3) is 5.91 Å². The monoisotopic (exact) mass is 312 g/mol. The van der Waals surface area contributed by atoms with Crippen molar-refractivity contribution in [2.45, 2.75) is 51.5 Å². The molecule has 1 amide bonds. The van der Waals surface area contributed by atoms with Crippen LogP contribution in [0.4, 0.5) is 0 Å². The van der Waals surface area contributed by atoms with Crippen molar-refractivity contribution >= 4 is 34.6 Å². The number of nitrogens with zero attached hydrogens (tertiary/aromatic N) is 2. The first-order valence-corrected chi connectivity index (χ1v) is 8.23. The minimum absolute atomic E-state index is 0.153. The predicted octanol–water partition coefficient (Wildman–Crippen LogP) is 2.07. The van der Waals surface area contributed by atoms with Gasteiger partial charge in [-0.15, -0.1) is 5.10 Å². The van der Waals surface area contributed by atoms with E-state index < -0.39 is 0 Å². The van der Waals surface area contributed by atoms with Gasteiger partial charge in [-0.1, -0.05) is 42.9 Å². The molecule has 7 heteroatoms. The Bertz CT molecular complexity index is 482. The van der Waals surface area contributed by atoms with Gasteiger partial charge in [0.05, 0.1) is 16.7 Å². The molecule has 0 bridgehead atoms. The largest absolute Gasteiger partial charge is 0.392 e. The Kier molecular flexibility index (Phi) is 5.42. The van der Waals surface area contributed by atoms with Crippen LogP contribution in [0.25, 0.3) is 0 Å². The second-order valence-corrected chi connectivity index (χ2v) is 6.38. The van der Waals surface area contributed by atoms with E-state index in [0.717, 1.165) is 30.1 Å². The molecule has 0 aromatic carbocycles. The van der Waals surface area contributed by atoms with E-state index in [0.29, 0.717) is 22.2 Å². The van der Waals surface area contributed by atoms with E-state index in [2.05, 4.69) is 14.9 Å². The van der Waals surface area contributed by atoms with Crippen LogP contribution < -0.4 is 11.1 Å². The molecule has 5 nitrogen and oxygen atoms in total. The number of nitrogens with one attached hydrogen (secondary N) is 1. The highest BCUT2D eigenvalue weighted by molar-refractivity contribution is 7.80. The van der Waals surface area contributed by atoms with Gasteiger partial charge in [0.2, 0.25) is 0 Å². The molecule has 1 saturated carbocycles. The van der Waals surface area contributed by atoms with Gasteiger partial charge >= 0.3 is 0 Å². The molecule has 2 rings (SSSR count). The van der Waals surface area contributed by atoms with E-state index >= 15 is 0 Å². The quantitative estimate of drug-likeness (QED) is 0.814. The number of hydrogen-bond donors (Lipinski definition) is 2. The molecular formula is C13H20N4OS2. The van der Waals surface area contributed by atoms with Gasteiger partial charge in [-0.2, -0.15) is 0 Å². The van der Waals surface area contributed by atoms with Crippen LogP contribution in [0.2, 0.25) is 0 Å². The lowest BCUT2D eigenvalue weighted by Crippen LogP contribution is -2.48. The fraction of sp³-hybridized carbons (Fsp3) is 0.692. The summed E-state index contributed by atoms with van der Waals surface area (Å²) < 4.78 is 3.85. The van der Waals surface area contributed by atoms with Crippen LogP contribution in [-0.2, 0) is 6.42 Å². The average molecular weight is 312 g/mol. The highest BCUT2D eigenvalue weighted by atomic mass is 32.1. The fourth-order valence-electron chi connectivity index (χ4n) is 2.71. The van der Waals surface area contributed by atoms with Crippen molar-refractivity contribution in [1.82, 2.24) is 14.9 Å². The zero-order valence-corrected chi connectivity index (χ0v) is 13.2. The first-order valence-electron chi connectivity index (χ1n) is 7.05. The molecule has 1 atom stereocenters. The minimum atomic E-state index is -0.218. The minimum Gasteiger partial charge on any atom is -0.392 e. The molecule has 1 aromatic rings. The summed E-state index contributed by atoms with van der Waals surface area (Å²) in [6.07, 6.45) is 6.46. The molecule has 0 aliphatic heterocycles. The number of aryl methyl sites for hydroxylation is 1. The van der Waals surface area contributed by atoms with Gasteiger partial charge in [-0.3, -0.25) is 4.79 Å². The molecule has 1 aliphatic carbocycles. The van der Waals surface area contributed by atoms with E-state index in [4.69, 9.17) is 18.0 Å². The predicted molar refractivity (Wildman–Crippen MR) is 83.9 cm³/mol. The van der Waals surface area contributed by atoms with Crippen molar-refractivity contribution < 1.29 is 4.79 Å². The lowest BCUT2D eigenvalue weighted by atomic mass is 9.84. The van der Waals surface area contributed by atoms with Crippen LogP contribution in [-0.4, -0.2) is 26.5 Å². The summed E-state index contributed by atoms with van der Waals surface area (Å²) >= 11 is 6.27. The molecule has 1 aliphatic rings. The number of amides is 1. The molecule has 0 radical (unpaired) electrons. The SMILES string of the molecule is CCc1nnsc1C(=O)NC(C(N)=S)C1CCCCC1. The number of aromatic nitrogens is 2. The molecule has 0 spiro atoms. The van der Waals surface area contributed by atoms with Crippen molar-refractivity contribution in [1.29, 1.82) is 0 Å². The van der Waals surface area contributed by atoms with Gasteiger partial charge < -0.3 is 11.1 Å². The van der Waals surface area contributed by atoms with E-state index in [1.807, 2.05) is 6.92 Å². The lowest BCUT2D eigenvalue weighted by molar-refractivity contribution is 0.0935. The molecule has 110 valence electrons. The van der Waals surface area contributed by atoms with Crippen LogP contribution in [0.3, 0.4) is 0 Å². The number of carbonyl (C=O) groups excluding carboxylic acids is 1. The van der Waals surface area contributed by atoms with Gasteiger partial charge in [0, 0.05) is 0 Å². The summed E-state index contributed by atoms with van der Waals surface area (Å²) in [6.45, 7) is 1.96. The topological polar surface area (TPSA) is 80.9 Å². The molecule has 1 unspecified atom stereocenters. The zero-order chi connectivity index (χ0) is 14.5. The molecule has 3 N–H and O–H groups in total. The van der Waals surface area contributed by atoms with Crippen molar-refractivity contribution in [3.8, 4) is 0 Å². The molecule has 0 saturated heterocycles. The molecular weight excluding hydrogens is 292 g/mol.